The van der Waals surface area contributed by atoms with Crippen molar-refractivity contribution >= 4 is 23.2 Å². The van der Waals surface area contributed by atoms with Crippen LogP contribution in [-0.4, -0.2) is 29.1 Å². The molecule has 1 aromatic heterocycles. The summed E-state index contributed by atoms with van der Waals surface area (Å²) in [5, 5.41) is 7.28. The van der Waals surface area contributed by atoms with Gasteiger partial charge in [-0.05, 0) is 24.6 Å². The van der Waals surface area contributed by atoms with E-state index in [4.69, 9.17) is 23.2 Å². The number of hydrogen-bond donors (Lipinski definition) is 2. The topological polar surface area (TPSA) is 49.8 Å². The Balaban J connectivity index is 1.92. The molecule has 1 atom stereocenters. The predicted octanol–water partition coefficient (Wildman–Crippen LogP) is 1.23. The second-order valence-electron chi connectivity index (χ2n) is 3.53. The fourth-order valence-electron chi connectivity index (χ4n) is 1.57. The quantitative estimate of drug-likeness (QED) is 0.623. The van der Waals surface area contributed by atoms with Crippen LogP contribution in [0.4, 0.5) is 0 Å². The Kier molecular flexibility index (Phi) is 3.75. The lowest BCUT2D eigenvalue weighted by Crippen LogP contribution is -2.30. The zero-order chi connectivity index (χ0) is 10.7. The molecule has 2 rings (SSSR count). The van der Waals surface area contributed by atoms with Gasteiger partial charge in [-0.25, -0.2) is 9.97 Å². The molecule has 2 N–H and O–H groups in total. The zero-order valence-electron chi connectivity index (χ0n) is 8.13. The number of nitrogens with one attached hydrogen (secondary N) is 2. The Morgan fingerprint density at radius 3 is 3.07 bits per heavy atom. The van der Waals surface area contributed by atoms with Gasteiger partial charge in [0.15, 0.2) is 0 Å². The Hall–Kier alpha value is -0.420. The molecule has 1 aromatic rings. The third-order valence-electron chi connectivity index (χ3n) is 2.42. The van der Waals surface area contributed by atoms with E-state index >= 15 is 0 Å². The lowest BCUT2D eigenvalue weighted by molar-refractivity contribution is 0.546. The fraction of sp³-hybridized carbons (Fsp3) is 0.556. The van der Waals surface area contributed by atoms with Gasteiger partial charge < -0.3 is 10.6 Å². The van der Waals surface area contributed by atoms with E-state index in [1.54, 1.807) is 6.20 Å². The number of rotatable bonds is 3. The predicted molar refractivity (Wildman–Crippen MR) is 60.2 cm³/mol. The van der Waals surface area contributed by atoms with Crippen molar-refractivity contribution in [2.45, 2.75) is 19.0 Å². The van der Waals surface area contributed by atoms with Gasteiger partial charge in [-0.2, -0.15) is 0 Å². The molecule has 1 unspecified atom stereocenters. The molecule has 1 saturated heterocycles. The minimum absolute atomic E-state index is 0.186. The maximum atomic E-state index is 5.92. The van der Waals surface area contributed by atoms with Crippen LogP contribution in [0, 0.1) is 0 Å². The molecular formula is C9H12Cl2N4. The molecule has 6 heteroatoms. The van der Waals surface area contributed by atoms with Crippen molar-refractivity contribution in [3.05, 3.63) is 22.2 Å². The highest BCUT2D eigenvalue weighted by Crippen LogP contribution is 2.14. The molecule has 0 aliphatic carbocycles. The molecule has 1 aliphatic heterocycles. The maximum absolute atomic E-state index is 5.92. The van der Waals surface area contributed by atoms with Crippen LogP contribution in [0.25, 0.3) is 0 Å². The van der Waals surface area contributed by atoms with Gasteiger partial charge in [-0.15, -0.1) is 0 Å². The Bertz CT molecular complexity index is 339. The van der Waals surface area contributed by atoms with Gasteiger partial charge >= 0.3 is 0 Å². The molecular weight excluding hydrogens is 235 g/mol. The second kappa shape index (κ2) is 5.07. The van der Waals surface area contributed by atoms with Crippen molar-refractivity contribution in [2.75, 3.05) is 13.1 Å². The van der Waals surface area contributed by atoms with Crippen molar-refractivity contribution < 1.29 is 0 Å². The second-order valence-corrected chi connectivity index (χ2v) is 4.22. The van der Waals surface area contributed by atoms with Crippen molar-refractivity contribution in [3.8, 4) is 0 Å². The molecule has 2 heterocycles. The molecule has 1 fully saturated rings. The van der Waals surface area contributed by atoms with Crippen LogP contribution in [0.5, 0.6) is 0 Å². The smallest absolute Gasteiger partial charge is 0.223 e. The van der Waals surface area contributed by atoms with E-state index in [0.717, 1.165) is 25.1 Å². The highest BCUT2D eigenvalue weighted by Gasteiger charge is 2.14. The SMILES string of the molecule is Clc1ncc(CNC2CCNC2)c(Cl)n1. The van der Waals surface area contributed by atoms with E-state index in [2.05, 4.69) is 20.6 Å². The van der Waals surface area contributed by atoms with Gasteiger partial charge in [0.05, 0.1) is 0 Å². The van der Waals surface area contributed by atoms with Crippen LogP contribution in [0.15, 0.2) is 6.20 Å². The average molecular weight is 247 g/mol. The fourth-order valence-corrected chi connectivity index (χ4v) is 1.94. The molecule has 0 saturated carbocycles. The lowest BCUT2D eigenvalue weighted by atomic mass is 10.2. The van der Waals surface area contributed by atoms with Crippen molar-refractivity contribution in [1.82, 2.24) is 20.6 Å². The number of aromatic nitrogens is 2. The van der Waals surface area contributed by atoms with Gasteiger partial charge in [-0.3, -0.25) is 0 Å². The highest BCUT2D eigenvalue weighted by molar-refractivity contribution is 6.32. The summed E-state index contributed by atoms with van der Waals surface area (Å²) >= 11 is 11.5. The van der Waals surface area contributed by atoms with E-state index in [9.17, 15) is 0 Å². The minimum atomic E-state index is 0.186. The van der Waals surface area contributed by atoms with E-state index in [1.807, 2.05) is 0 Å². The van der Waals surface area contributed by atoms with E-state index in [-0.39, 0.29) is 5.28 Å². The zero-order valence-corrected chi connectivity index (χ0v) is 9.65. The molecule has 0 aromatic carbocycles. The van der Waals surface area contributed by atoms with Crippen LogP contribution >= 0.6 is 23.2 Å². The Morgan fingerprint density at radius 1 is 1.53 bits per heavy atom. The first-order chi connectivity index (χ1) is 7.25. The van der Waals surface area contributed by atoms with Gasteiger partial charge in [0.1, 0.15) is 5.15 Å². The summed E-state index contributed by atoms with van der Waals surface area (Å²) in [6, 6.07) is 0.511. The molecule has 0 amide bonds. The molecule has 15 heavy (non-hydrogen) atoms. The monoisotopic (exact) mass is 246 g/mol. The van der Waals surface area contributed by atoms with Crippen LogP contribution < -0.4 is 10.6 Å². The summed E-state index contributed by atoms with van der Waals surface area (Å²) in [6.45, 7) is 2.76. The first-order valence-corrected chi connectivity index (χ1v) is 5.62. The summed E-state index contributed by atoms with van der Waals surface area (Å²) in [5.41, 5.74) is 0.882. The summed E-state index contributed by atoms with van der Waals surface area (Å²) in [5.74, 6) is 0. The summed E-state index contributed by atoms with van der Waals surface area (Å²) in [4.78, 5) is 7.78. The van der Waals surface area contributed by atoms with Crippen LogP contribution in [-0.2, 0) is 6.54 Å². The van der Waals surface area contributed by atoms with Crippen molar-refractivity contribution in [2.24, 2.45) is 0 Å². The number of hydrogen-bond acceptors (Lipinski definition) is 4. The maximum Gasteiger partial charge on any atom is 0.223 e. The van der Waals surface area contributed by atoms with Crippen LogP contribution in [0.1, 0.15) is 12.0 Å². The largest absolute Gasteiger partial charge is 0.315 e. The Morgan fingerprint density at radius 2 is 2.40 bits per heavy atom. The summed E-state index contributed by atoms with van der Waals surface area (Å²) < 4.78 is 0. The van der Waals surface area contributed by atoms with Crippen LogP contribution in [0.2, 0.25) is 10.4 Å². The van der Waals surface area contributed by atoms with Gasteiger partial charge in [0.25, 0.3) is 0 Å². The van der Waals surface area contributed by atoms with Crippen molar-refractivity contribution in [1.29, 1.82) is 0 Å². The Labute approximate surface area is 98.4 Å². The van der Waals surface area contributed by atoms with E-state index in [1.165, 1.54) is 0 Å². The van der Waals surface area contributed by atoms with Crippen LogP contribution in [0.3, 0.4) is 0 Å². The lowest BCUT2D eigenvalue weighted by Gasteiger charge is -2.11. The molecule has 82 valence electrons. The third kappa shape index (κ3) is 3.01. The first-order valence-electron chi connectivity index (χ1n) is 4.87. The normalized spacial score (nSPS) is 20.8. The molecule has 1 aliphatic rings. The molecule has 0 radical (unpaired) electrons. The number of halogens is 2. The van der Waals surface area contributed by atoms with E-state index < -0.39 is 0 Å². The third-order valence-corrected chi connectivity index (χ3v) is 2.93. The average Bonchev–Trinajstić information content (AvgIpc) is 2.69. The summed E-state index contributed by atoms with van der Waals surface area (Å²) in [6.07, 6.45) is 2.80. The van der Waals surface area contributed by atoms with Gasteiger partial charge in [-0.1, -0.05) is 11.6 Å². The highest BCUT2D eigenvalue weighted by atomic mass is 35.5. The van der Waals surface area contributed by atoms with E-state index in [0.29, 0.717) is 17.7 Å². The first kappa shape index (κ1) is 11.1. The minimum Gasteiger partial charge on any atom is -0.315 e. The number of nitrogens with zero attached hydrogens (tertiary/aromatic N) is 2. The molecule has 4 nitrogen and oxygen atoms in total. The molecule has 0 spiro atoms. The van der Waals surface area contributed by atoms with Crippen molar-refractivity contribution in [3.63, 3.8) is 0 Å². The van der Waals surface area contributed by atoms with Gasteiger partial charge in [0.2, 0.25) is 5.28 Å². The van der Waals surface area contributed by atoms with Gasteiger partial charge in [0, 0.05) is 30.9 Å². The standard InChI is InChI=1S/C9H12Cl2N4/c10-8-6(4-14-9(11)15-8)3-13-7-1-2-12-5-7/h4,7,12-13H,1-3,5H2. The summed E-state index contributed by atoms with van der Waals surface area (Å²) in [7, 11) is 0. The molecule has 0 bridgehead atoms.